The van der Waals surface area contributed by atoms with E-state index in [1.807, 2.05) is 65.3 Å². The molecule has 4 rings (SSSR count). The zero-order chi connectivity index (χ0) is 24.1. The number of aromatic nitrogens is 3. The Morgan fingerprint density at radius 3 is 2.50 bits per heavy atom. The van der Waals surface area contributed by atoms with Crippen molar-refractivity contribution >= 4 is 17.7 Å². The van der Waals surface area contributed by atoms with Gasteiger partial charge in [-0.05, 0) is 41.3 Å². The lowest BCUT2D eigenvalue weighted by Gasteiger charge is -2.22. The fraction of sp³-hybridized carbons (Fsp3) is 0.222. The number of ether oxygens (including phenoxy) is 2. The number of benzene rings is 2. The van der Waals surface area contributed by atoms with Gasteiger partial charge in [-0.15, -0.1) is 0 Å². The van der Waals surface area contributed by atoms with E-state index in [2.05, 4.69) is 37.1 Å². The van der Waals surface area contributed by atoms with Crippen LogP contribution in [0.15, 0.2) is 72.9 Å². The van der Waals surface area contributed by atoms with Gasteiger partial charge in [-0.2, -0.15) is 5.10 Å². The Labute approximate surface area is 199 Å². The molecule has 0 unspecified atom stereocenters. The standard InChI is InChI=1S/C27H29N5O2/c1-27(2,3)22-8-5-6-10-24(22)34-26-23(9-7-15-29-26)30-25-16-20(17-28)32(31-25)18-19-11-13-21(33-4)14-12-19/h5-17,28H,18H2,1-4H3,(H,30,31)/p+1. The van der Waals surface area contributed by atoms with Gasteiger partial charge < -0.3 is 14.8 Å². The summed E-state index contributed by atoms with van der Waals surface area (Å²) < 4.78 is 13.3. The van der Waals surface area contributed by atoms with Gasteiger partial charge in [-0.25, -0.2) is 4.98 Å². The maximum atomic E-state index is 6.27. The molecule has 3 N–H and O–H groups in total. The van der Waals surface area contributed by atoms with E-state index in [9.17, 15) is 0 Å². The first-order valence-corrected chi connectivity index (χ1v) is 11.1. The second kappa shape index (κ2) is 9.79. The molecule has 0 aliphatic carbocycles. The highest BCUT2D eigenvalue weighted by atomic mass is 16.5. The van der Waals surface area contributed by atoms with Crippen LogP contribution in [0.5, 0.6) is 17.4 Å². The van der Waals surface area contributed by atoms with Crippen molar-refractivity contribution < 1.29 is 14.9 Å². The van der Waals surface area contributed by atoms with Gasteiger partial charge in [-0.1, -0.05) is 51.1 Å². The maximum Gasteiger partial charge on any atom is 0.243 e. The summed E-state index contributed by atoms with van der Waals surface area (Å²) in [4.78, 5) is 4.46. The molecule has 0 bridgehead atoms. The molecule has 0 aliphatic rings. The van der Waals surface area contributed by atoms with Gasteiger partial charge in [-0.3, -0.25) is 10.1 Å². The van der Waals surface area contributed by atoms with Crippen molar-refractivity contribution in [3.63, 3.8) is 0 Å². The summed E-state index contributed by atoms with van der Waals surface area (Å²) in [6, 6.07) is 21.6. The molecule has 7 nitrogen and oxygen atoms in total. The zero-order valence-corrected chi connectivity index (χ0v) is 19.9. The molecule has 2 heterocycles. The molecule has 0 saturated heterocycles. The van der Waals surface area contributed by atoms with Crippen LogP contribution < -0.4 is 20.2 Å². The molecule has 0 spiro atoms. The molecule has 2 aromatic heterocycles. The van der Waals surface area contributed by atoms with Gasteiger partial charge >= 0.3 is 0 Å². The number of hydrogen-bond donors (Lipinski definition) is 2. The lowest BCUT2D eigenvalue weighted by Crippen LogP contribution is -2.31. The monoisotopic (exact) mass is 456 g/mol. The third kappa shape index (κ3) is 5.26. The fourth-order valence-electron chi connectivity index (χ4n) is 3.64. The molecule has 4 aromatic rings. The van der Waals surface area contributed by atoms with E-state index in [0.717, 1.165) is 28.3 Å². The molecule has 0 fully saturated rings. The quantitative estimate of drug-likeness (QED) is 0.385. The SMILES string of the molecule is COc1ccc(Cn2nc(Nc3cccnc3Oc3ccccc3C(C)(C)C)cc2C=[NH2+])cc1. The largest absolute Gasteiger partial charge is 0.497 e. The minimum atomic E-state index is -0.0644. The Morgan fingerprint density at radius 1 is 1.03 bits per heavy atom. The van der Waals surface area contributed by atoms with Crippen LogP contribution in [0, 0.1) is 0 Å². The highest BCUT2D eigenvalue weighted by Gasteiger charge is 2.20. The molecule has 0 radical (unpaired) electrons. The number of pyridine rings is 1. The Bertz CT molecular complexity index is 1270. The molecule has 0 amide bonds. The van der Waals surface area contributed by atoms with Crippen LogP contribution in [0.2, 0.25) is 0 Å². The Balaban J connectivity index is 1.58. The second-order valence-electron chi connectivity index (χ2n) is 8.96. The summed E-state index contributed by atoms with van der Waals surface area (Å²) in [6.45, 7) is 7.05. The molecule has 0 aliphatic heterocycles. The normalized spacial score (nSPS) is 11.2. The molecule has 0 saturated carbocycles. The Hall–Kier alpha value is -4.13. The average Bonchev–Trinajstić information content (AvgIpc) is 3.21. The van der Waals surface area contributed by atoms with Crippen molar-refractivity contribution in [1.29, 1.82) is 0 Å². The third-order valence-electron chi connectivity index (χ3n) is 5.41. The first-order chi connectivity index (χ1) is 16.4. The predicted molar refractivity (Wildman–Crippen MR) is 134 cm³/mol. The van der Waals surface area contributed by atoms with E-state index in [1.54, 1.807) is 19.5 Å². The van der Waals surface area contributed by atoms with Crippen molar-refractivity contribution in [3.8, 4) is 17.4 Å². The topological polar surface area (TPSA) is 86.8 Å². The summed E-state index contributed by atoms with van der Waals surface area (Å²) in [5, 5.41) is 13.9. The summed E-state index contributed by atoms with van der Waals surface area (Å²) in [6.07, 6.45) is 3.25. The van der Waals surface area contributed by atoms with Crippen LogP contribution in [0.25, 0.3) is 0 Å². The van der Waals surface area contributed by atoms with E-state index in [1.165, 1.54) is 0 Å². The van der Waals surface area contributed by atoms with E-state index in [-0.39, 0.29) is 5.41 Å². The van der Waals surface area contributed by atoms with Crippen molar-refractivity contribution in [2.24, 2.45) is 0 Å². The van der Waals surface area contributed by atoms with Gasteiger partial charge in [0.15, 0.2) is 12.0 Å². The van der Waals surface area contributed by atoms with Crippen LogP contribution in [0.3, 0.4) is 0 Å². The first kappa shape index (κ1) is 23.0. The number of methoxy groups -OCH3 is 1. The van der Waals surface area contributed by atoms with Gasteiger partial charge in [0, 0.05) is 17.8 Å². The summed E-state index contributed by atoms with van der Waals surface area (Å²) >= 11 is 0. The van der Waals surface area contributed by atoms with E-state index < -0.39 is 0 Å². The summed E-state index contributed by atoms with van der Waals surface area (Å²) in [5.74, 6) is 2.71. The number of para-hydroxylation sites is 1. The predicted octanol–water partition coefficient (Wildman–Crippen LogP) is 4.35. The van der Waals surface area contributed by atoms with Gasteiger partial charge in [0.05, 0.1) is 13.7 Å². The number of hydrogen-bond acceptors (Lipinski definition) is 5. The maximum absolute atomic E-state index is 6.27. The minimum absolute atomic E-state index is 0.0644. The lowest BCUT2D eigenvalue weighted by atomic mass is 9.86. The highest BCUT2D eigenvalue weighted by Crippen LogP contribution is 2.36. The van der Waals surface area contributed by atoms with Crippen LogP contribution in [0.4, 0.5) is 11.5 Å². The lowest BCUT2D eigenvalue weighted by molar-refractivity contribution is -0.105. The van der Waals surface area contributed by atoms with E-state index in [4.69, 9.17) is 20.0 Å². The number of anilines is 2. The number of rotatable bonds is 8. The van der Waals surface area contributed by atoms with Gasteiger partial charge in [0.25, 0.3) is 0 Å². The van der Waals surface area contributed by atoms with Crippen molar-refractivity contribution in [2.45, 2.75) is 32.7 Å². The summed E-state index contributed by atoms with van der Waals surface area (Å²) in [5.41, 5.74) is 3.63. The smallest absolute Gasteiger partial charge is 0.243 e. The van der Waals surface area contributed by atoms with E-state index >= 15 is 0 Å². The summed E-state index contributed by atoms with van der Waals surface area (Å²) in [7, 11) is 1.65. The van der Waals surface area contributed by atoms with Crippen LogP contribution in [0.1, 0.15) is 37.6 Å². The molecule has 7 heteroatoms. The van der Waals surface area contributed by atoms with Crippen LogP contribution in [-0.4, -0.2) is 28.1 Å². The van der Waals surface area contributed by atoms with Gasteiger partial charge in [0.2, 0.25) is 5.88 Å². The zero-order valence-electron chi connectivity index (χ0n) is 19.9. The van der Waals surface area contributed by atoms with Crippen molar-refractivity contribution in [2.75, 3.05) is 12.4 Å². The minimum Gasteiger partial charge on any atom is -0.497 e. The second-order valence-corrected chi connectivity index (χ2v) is 8.96. The van der Waals surface area contributed by atoms with Crippen LogP contribution >= 0.6 is 0 Å². The molecule has 0 atom stereocenters. The Kier molecular flexibility index (Phi) is 6.63. The first-order valence-electron chi connectivity index (χ1n) is 11.1. The number of nitrogens with zero attached hydrogens (tertiary/aromatic N) is 3. The van der Waals surface area contributed by atoms with Crippen molar-refractivity contribution in [1.82, 2.24) is 14.8 Å². The highest BCUT2D eigenvalue weighted by molar-refractivity contribution is 5.75. The molecule has 2 aromatic carbocycles. The van der Waals surface area contributed by atoms with Crippen LogP contribution in [-0.2, 0) is 12.0 Å². The van der Waals surface area contributed by atoms with Gasteiger partial charge in [0.1, 0.15) is 22.9 Å². The van der Waals surface area contributed by atoms with Crippen molar-refractivity contribution in [3.05, 3.63) is 89.7 Å². The Morgan fingerprint density at radius 2 is 1.79 bits per heavy atom. The molecule has 174 valence electrons. The average molecular weight is 457 g/mol. The van der Waals surface area contributed by atoms with E-state index in [0.29, 0.717) is 23.9 Å². The number of nitrogens with two attached hydrogens (primary N) is 1. The molecular weight excluding hydrogens is 426 g/mol. The third-order valence-corrected chi connectivity index (χ3v) is 5.41. The molecule has 34 heavy (non-hydrogen) atoms. The number of nitrogens with one attached hydrogen (secondary N) is 1. The fourth-order valence-corrected chi connectivity index (χ4v) is 3.64. The molecular formula is C27H30N5O2+.